The fourth-order valence-corrected chi connectivity index (χ4v) is 2.29. The van der Waals surface area contributed by atoms with Crippen molar-refractivity contribution in [3.63, 3.8) is 0 Å². The van der Waals surface area contributed by atoms with Gasteiger partial charge in [0.2, 0.25) is 0 Å². The van der Waals surface area contributed by atoms with E-state index < -0.39 is 0 Å². The lowest BCUT2D eigenvalue weighted by Gasteiger charge is -2.08. The zero-order chi connectivity index (χ0) is 17.1. The molecule has 1 aliphatic carbocycles. The summed E-state index contributed by atoms with van der Waals surface area (Å²) in [7, 11) is 0. The van der Waals surface area contributed by atoms with Crippen molar-refractivity contribution in [3.05, 3.63) is 65.2 Å². The molecule has 1 fully saturated rings. The van der Waals surface area contributed by atoms with Crippen LogP contribution in [0.5, 0.6) is 0 Å². The second-order valence-electron chi connectivity index (χ2n) is 5.92. The van der Waals surface area contributed by atoms with Gasteiger partial charge in [0, 0.05) is 28.4 Å². The summed E-state index contributed by atoms with van der Waals surface area (Å²) >= 11 is 0. The average molecular weight is 322 g/mol. The molecule has 0 aromatic heterocycles. The molecule has 0 unspecified atom stereocenters. The minimum absolute atomic E-state index is 0.0257. The van der Waals surface area contributed by atoms with Crippen molar-refractivity contribution >= 4 is 23.3 Å². The number of carbonyl (C=O) groups is 3. The lowest BCUT2D eigenvalue weighted by atomic mass is 10.1. The smallest absolute Gasteiger partial charge is 0.255 e. The molecule has 0 atom stereocenters. The van der Waals surface area contributed by atoms with Crippen LogP contribution in [0, 0.1) is 0 Å². The SMILES string of the molecule is CC(=O)c1ccc(NC(=O)c2cccc(C(=O)NC3CC3)c2)cc1. The van der Waals surface area contributed by atoms with Gasteiger partial charge in [0.1, 0.15) is 0 Å². The van der Waals surface area contributed by atoms with Crippen molar-refractivity contribution < 1.29 is 14.4 Å². The van der Waals surface area contributed by atoms with Gasteiger partial charge in [-0.15, -0.1) is 0 Å². The van der Waals surface area contributed by atoms with E-state index >= 15 is 0 Å². The molecule has 3 rings (SSSR count). The van der Waals surface area contributed by atoms with Crippen molar-refractivity contribution in [2.75, 3.05) is 5.32 Å². The Morgan fingerprint density at radius 2 is 1.50 bits per heavy atom. The van der Waals surface area contributed by atoms with Gasteiger partial charge in [-0.2, -0.15) is 0 Å². The van der Waals surface area contributed by atoms with Gasteiger partial charge in [-0.1, -0.05) is 6.07 Å². The maximum Gasteiger partial charge on any atom is 0.255 e. The number of hydrogen-bond donors (Lipinski definition) is 2. The summed E-state index contributed by atoms with van der Waals surface area (Å²) < 4.78 is 0. The van der Waals surface area contributed by atoms with Crippen LogP contribution >= 0.6 is 0 Å². The van der Waals surface area contributed by atoms with E-state index in [-0.39, 0.29) is 23.6 Å². The predicted molar refractivity (Wildman–Crippen MR) is 91.3 cm³/mol. The van der Waals surface area contributed by atoms with Gasteiger partial charge in [-0.3, -0.25) is 14.4 Å². The number of amides is 2. The van der Waals surface area contributed by atoms with Crippen molar-refractivity contribution in [1.29, 1.82) is 0 Å². The summed E-state index contributed by atoms with van der Waals surface area (Å²) in [6.07, 6.45) is 2.03. The highest BCUT2D eigenvalue weighted by Gasteiger charge is 2.24. The van der Waals surface area contributed by atoms with E-state index in [4.69, 9.17) is 0 Å². The molecule has 0 spiro atoms. The molecule has 0 aliphatic heterocycles. The molecule has 2 aromatic rings. The van der Waals surface area contributed by atoms with Crippen LogP contribution in [0.3, 0.4) is 0 Å². The number of carbonyl (C=O) groups excluding carboxylic acids is 3. The van der Waals surface area contributed by atoms with E-state index in [1.54, 1.807) is 48.5 Å². The Morgan fingerprint density at radius 3 is 2.08 bits per heavy atom. The van der Waals surface area contributed by atoms with Gasteiger partial charge >= 0.3 is 0 Å². The molecule has 5 heteroatoms. The van der Waals surface area contributed by atoms with Crippen LogP contribution in [0.2, 0.25) is 0 Å². The quantitative estimate of drug-likeness (QED) is 0.831. The Kier molecular flexibility index (Phi) is 4.42. The fraction of sp³-hybridized carbons (Fsp3) is 0.211. The number of nitrogens with one attached hydrogen (secondary N) is 2. The Labute approximate surface area is 140 Å². The second kappa shape index (κ2) is 6.66. The number of benzene rings is 2. The van der Waals surface area contributed by atoms with E-state index in [1.165, 1.54) is 6.92 Å². The zero-order valence-corrected chi connectivity index (χ0v) is 13.3. The van der Waals surface area contributed by atoms with Crippen LogP contribution in [0.25, 0.3) is 0 Å². The number of hydrogen-bond acceptors (Lipinski definition) is 3. The Balaban J connectivity index is 1.70. The topological polar surface area (TPSA) is 75.3 Å². The number of Topliss-reactive ketones (excluding diaryl/α,β-unsaturated/α-hetero) is 1. The van der Waals surface area contributed by atoms with Gasteiger partial charge < -0.3 is 10.6 Å². The second-order valence-corrected chi connectivity index (χ2v) is 5.92. The molecular weight excluding hydrogens is 304 g/mol. The molecule has 1 saturated carbocycles. The normalized spacial score (nSPS) is 13.2. The lowest BCUT2D eigenvalue weighted by molar-refractivity contribution is 0.0950. The third-order valence-corrected chi connectivity index (χ3v) is 3.85. The molecule has 0 heterocycles. The molecule has 0 bridgehead atoms. The minimum atomic E-state index is -0.299. The third kappa shape index (κ3) is 3.87. The van der Waals surface area contributed by atoms with E-state index in [0.29, 0.717) is 22.4 Å². The molecule has 2 aromatic carbocycles. The average Bonchev–Trinajstić information content (AvgIpc) is 3.39. The standard InChI is InChI=1S/C19H18N2O3/c1-12(22)13-5-7-16(8-6-13)20-18(23)14-3-2-4-15(11-14)19(24)21-17-9-10-17/h2-8,11,17H,9-10H2,1H3,(H,20,23)(H,21,24). The summed E-state index contributed by atoms with van der Waals surface area (Å²) in [5.41, 5.74) is 2.07. The highest BCUT2D eigenvalue weighted by Crippen LogP contribution is 2.19. The summed E-state index contributed by atoms with van der Waals surface area (Å²) in [5.74, 6) is -0.480. The minimum Gasteiger partial charge on any atom is -0.349 e. The first-order chi connectivity index (χ1) is 11.5. The monoisotopic (exact) mass is 322 g/mol. The first kappa shape index (κ1) is 15.9. The molecule has 24 heavy (non-hydrogen) atoms. The van der Waals surface area contributed by atoms with Crippen LogP contribution in [0.1, 0.15) is 50.8 Å². The van der Waals surface area contributed by atoms with Gasteiger partial charge in [0.05, 0.1) is 0 Å². The number of ketones is 1. The summed E-state index contributed by atoms with van der Waals surface area (Å²) in [5, 5.41) is 5.66. The van der Waals surface area contributed by atoms with Crippen LogP contribution in [-0.2, 0) is 0 Å². The van der Waals surface area contributed by atoms with E-state index in [1.807, 2.05) is 0 Å². The van der Waals surface area contributed by atoms with Crippen molar-refractivity contribution in [2.24, 2.45) is 0 Å². The first-order valence-electron chi connectivity index (χ1n) is 7.86. The Morgan fingerprint density at radius 1 is 0.875 bits per heavy atom. The maximum atomic E-state index is 12.3. The first-order valence-corrected chi connectivity index (χ1v) is 7.86. The van der Waals surface area contributed by atoms with Crippen molar-refractivity contribution in [1.82, 2.24) is 5.32 Å². The Hall–Kier alpha value is -2.95. The van der Waals surface area contributed by atoms with E-state index in [0.717, 1.165) is 12.8 Å². The molecule has 2 N–H and O–H groups in total. The predicted octanol–water partition coefficient (Wildman–Crippen LogP) is 3.03. The van der Waals surface area contributed by atoms with E-state index in [9.17, 15) is 14.4 Å². The van der Waals surface area contributed by atoms with Gasteiger partial charge in [-0.05, 0) is 62.2 Å². The largest absolute Gasteiger partial charge is 0.349 e. The Bertz CT molecular complexity index is 793. The summed E-state index contributed by atoms with van der Waals surface area (Å²) in [6, 6.07) is 13.6. The highest BCUT2D eigenvalue weighted by molar-refractivity contribution is 6.06. The lowest BCUT2D eigenvalue weighted by Crippen LogP contribution is -2.25. The van der Waals surface area contributed by atoms with Crippen LogP contribution in [0.15, 0.2) is 48.5 Å². The molecule has 1 aliphatic rings. The van der Waals surface area contributed by atoms with Crippen molar-refractivity contribution in [2.45, 2.75) is 25.8 Å². The zero-order valence-electron chi connectivity index (χ0n) is 13.3. The van der Waals surface area contributed by atoms with Crippen LogP contribution in [-0.4, -0.2) is 23.6 Å². The van der Waals surface area contributed by atoms with Crippen LogP contribution < -0.4 is 10.6 Å². The molecule has 2 amide bonds. The van der Waals surface area contributed by atoms with Gasteiger partial charge in [0.15, 0.2) is 5.78 Å². The van der Waals surface area contributed by atoms with Gasteiger partial charge in [-0.25, -0.2) is 0 Å². The highest BCUT2D eigenvalue weighted by atomic mass is 16.2. The fourth-order valence-electron chi connectivity index (χ4n) is 2.29. The summed E-state index contributed by atoms with van der Waals surface area (Å²) in [6.45, 7) is 1.49. The van der Waals surface area contributed by atoms with Gasteiger partial charge in [0.25, 0.3) is 11.8 Å². The number of anilines is 1. The number of rotatable bonds is 5. The maximum absolute atomic E-state index is 12.3. The summed E-state index contributed by atoms with van der Waals surface area (Å²) in [4.78, 5) is 35.6. The third-order valence-electron chi connectivity index (χ3n) is 3.85. The molecule has 122 valence electrons. The molecular formula is C19H18N2O3. The molecule has 5 nitrogen and oxygen atoms in total. The molecule has 0 radical (unpaired) electrons. The van der Waals surface area contributed by atoms with Crippen LogP contribution in [0.4, 0.5) is 5.69 Å². The molecule has 0 saturated heterocycles. The van der Waals surface area contributed by atoms with E-state index in [2.05, 4.69) is 10.6 Å². The van der Waals surface area contributed by atoms with Crippen molar-refractivity contribution in [3.8, 4) is 0 Å².